The van der Waals surface area contributed by atoms with Crippen molar-refractivity contribution < 1.29 is 14.6 Å². The molecule has 0 fully saturated rings. The summed E-state index contributed by atoms with van der Waals surface area (Å²) in [5, 5.41) is 19.3. The van der Waals surface area contributed by atoms with Gasteiger partial charge >= 0.3 is 5.97 Å². The van der Waals surface area contributed by atoms with E-state index in [-0.39, 0.29) is 24.1 Å². The summed E-state index contributed by atoms with van der Waals surface area (Å²) in [6, 6.07) is 14.6. The Morgan fingerprint density at radius 1 is 1.20 bits per heavy atom. The van der Waals surface area contributed by atoms with Crippen molar-refractivity contribution in [3.05, 3.63) is 65.7 Å². The van der Waals surface area contributed by atoms with E-state index in [0.29, 0.717) is 29.3 Å². The number of hydrogen-bond donors (Lipinski definition) is 2. The van der Waals surface area contributed by atoms with E-state index in [0.717, 1.165) is 23.9 Å². The van der Waals surface area contributed by atoms with Crippen molar-refractivity contribution in [1.82, 2.24) is 9.55 Å². The van der Waals surface area contributed by atoms with Crippen LogP contribution in [0, 0.1) is 5.41 Å². The molecule has 0 atom stereocenters. The Kier molecular flexibility index (Phi) is 5.27. The average molecular weight is 404 g/mol. The predicted octanol–water partition coefficient (Wildman–Crippen LogP) is 4.30. The average Bonchev–Trinajstić information content (AvgIpc) is 3.24. The fourth-order valence-corrected chi connectivity index (χ4v) is 3.57. The van der Waals surface area contributed by atoms with E-state index in [1.165, 1.54) is 0 Å². The van der Waals surface area contributed by atoms with Crippen LogP contribution in [0.25, 0.3) is 16.6 Å². The zero-order chi connectivity index (χ0) is 21.3. The number of nitrogens with zero attached hydrogens (tertiary/aromatic N) is 3. The van der Waals surface area contributed by atoms with Gasteiger partial charge in [0.05, 0.1) is 35.3 Å². The van der Waals surface area contributed by atoms with Gasteiger partial charge in [-0.05, 0) is 42.8 Å². The zero-order valence-corrected chi connectivity index (χ0v) is 17.1. The normalized spacial score (nSPS) is 14.1. The van der Waals surface area contributed by atoms with Gasteiger partial charge in [-0.2, -0.15) is 0 Å². The lowest BCUT2D eigenvalue weighted by molar-refractivity contribution is 0.0500. The third-order valence-corrected chi connectivity index (χ3v) is 5.26. The van der Waals surface area contributed by atoms with Crippen LogP contribution in [0.2, 0.25) is 0 Å². The van der Waals surface area contributed by atoms with Crippen molar-refractivity contribution in [3.8, 4) is 0 Å². The van der Waals surface area contributed by atoms with Gasteiger partial charge in [0.2, 0.25) is 0 Å². The fourth-order valence-electron chi connectivity index (χ4n) is 3.57. The number of esters is 1. The number of amidine groups is 1. The molecule has 4 rings (SSSR count). The third kappa shape index (κ3) is 3.43. The van der Waals surface area contributed by atoms with E-state index in [1.807, 2.05) is 42.8 Å². The van der Waals surface area contributed by atoms with Gasteiger partial charge in [0.15, 0.2) is 0 Å². The predicted molar refractivity (Wildman–Crippen MR) is 117 cm³/mol. The van der Waals surface area contributed by atoms with Gasteiger partial charge in [-0.25, -0.2) is 9.78 Å². The maximum Gasteiger partial charge on any atom is 0.338 e. The van der Waals surface area contributed by atoms with E-state index in [2.05, 4.69) is 4.98 Å². The number of nitrogens with one attached hydrogen (secondary N) is 1. The number of anilines is 1. The molecular weight excluding hydrogens is 380 g/mol. The SMILES string of the molecule is CCCCOC(=O)c1ccc(N2CC(O)=C(c3nc4ccccc4n3C)C2=N)cc1. The first-order chi connectivity index (χ1) is 14.5. The number of fused-ring (bicyclic) bond motifs is 1. The number of aliphatic hydroxyl groups excluding tert-OH is 1. The van der Waals surface area contributed by atoms with Crippen LogP contribution in [0.5, 0.6) is 0 Å². The summed E-state index contributed by atoms with van der Waals surface area (Å²) in [6.07, 6.45) is 1.80. The highest BCUT2D eigenvalue weighted by Gasteiger charge is 2.32. The number of hydrogen-bond acceptors (Lipinski definition) is 5. The molecular formula is C23H24N4O3. The van der Waals surface area contributed by atoms with Crippen molar-refractivity contribution in [1.29, 1.82) is 5.41 Å². The van der Waals surface area contributed by atoms with Crippen LogP contribution in [0.1, 0.15) is 35.9 Å². The number of para-hydroxylation sites is 2. The highest BCUT2D eigenvalue weighted by Crippen LogP contribution is 2.32. The number of rotatable bonds is 6. The third-order valence-electron chi connectivity index (χ3n) is 5.26. The molecule has 0 radical (unpaired) electrons. The van der Waals surface area contributed by atoms with Crippen molar-refractivity contribution in [2.75, 3.05) is 18.1 Å². The summed E-state index contributed by atoms with van der Waals surface area (Å²) in [7, 11) is 1.87. The minimum atomic E-state index is -0.354. The molecule has 1 aromatic heterocycles. The number of unbranched alkanes of at least 4 members (excludes halogenated alkanes) is 1. The zero-order valence-electron chi connectivity index (χ0n) is 17.1. The summed E-state index contributed by atoms with van der Waals surface area (Å²) in [4.78, 5) is 18.4. The minimum absolute atomic E-state index is 0.0986. The van der Waals surface area contributed by atoms with E-state index >= 15 is 0 Å². The Bertz CT molecular complexity index is 1140. The van der Waals surface area contributed by atoms with Crippen LogP contribution in [-0.4, -0.2) is 39.6 Å². The van der Waals surface area contributed by atoms with Gasteiger partial charge in [-0.1, -0.05) is 25.5 Å². The molecule has 3 aromatic rings. The number of ether oxygens (including phenoxy) is 1. The van der Waals surface area contributed by atoms with Gasteiger partial charge < -0.3 is 19.3 Å². The molecule has 0 bridgehead atoms. The standard InChI is InChI=1S/C23H24N4O3/c1-3-4-13-30-23(29)15-9-11-16(12-10-15)27-14-19(28)20(21(27)24)22-25-17-7-5-6-8-18(17)26(22)2/h5-12,24,28H,3-4,13-14H2,1-2H3. The van der Waals surface area contributed by atoms with Crippen molar-refractivity contribution in [2.24, 2.45) is 7.05 Å². The van der Waals surface area contributed by atoms with Crippen LogP contribution in [0.15, 0.2) is 54.3 Å². The van der Waals surface area contributed by atoms with E-state index in [4.69, 9.17) is 10.1 Å². The summed E-state index contributed by atoms with van der Waals surface area (Å²) < 4.78 is 7.12. The van der Waals surface area contributed by atoms with E-state index in [9.17, 15) is 9.90 Å². The van der Waals surface area contributed by atoms with Gasteiger partial charge in [0.1, 0.15) is 17.4 Å². The smallest absolute Gasteiger partial charge is 0.338 e. The Labute approximate surface area is 174 Å². The van der Waals surface area contributed by atoms with Crippen LogP contribution in [0.3, 0.4) is 0 Å². The van der Waals surface area contributed by atoms with E-state index in [1.54, 1.807) is 29.2 Å². The Morgan fingerprint density at radius 3 is 2.63 bits per heavy atom. The lowest BCUT2D eigenvalue weighted by atomic mass is 10.2. The summed E-state index contributed by atoms with van der Waals surface area (Å²) >= 11 is 0. The molecule has 1 aliphatic rings. The van der Waals surface area contributed by atoms with Crippen molar-refractivity contribution in [3.63, 3.8) is 0 Å². The lowest BCUT2D eigenvalue weighted by Gasteiger charge is -2.19. The lowest BCUT2D eigenvalue weighted by Crippen LogP contribution is -2.26. The molecule has 2 N–H and O–H groups in total. The molecule has 30 heavy (non-hydrogen) atoms. The summed E-state index contributed by atoms with van der Waals surface area (Å²) in [5.41, 5.74) is 3.34. The van der Waals surface area contributed by atoms with Crippen LogP contribution < -0.4 is 4.90 Å². The largest absolute Gasteiger partial charge is 0.509 e. The number of carbonyl (C=O) groups is 1. The second-order valence-electron chi connectivity index (χ2n) is 7.28. The number of aromatic nitrogens is 2. The molecule has 0 spiro atoms. The summed E-state index contributed by atoms with van der Waals surface area (Å²) in [5.74, 6) is 0.468. The Balaban J connectivity index is 1.56. The molecule has 0 saturated heterocycles. The topological polar surface area (TPSA) is 91.4 Å². The quantitative estimate of drug-likeness (QED) is 0.472. The highest BCUT2D eigenvalue weighted by atomic mass is 16.5. The fraction of sp³-hybridized carbons (Fsp3) is 0.261. The molecule has 154 valence electrons. The highest BCUT2D eigenvalue weighted by molar-refractivity contribution is 6.30. The first kappa shape index (κ1) is 19.7. The van der Waals surface area contributed by atoms with Crippen LogP contribution >= 0.6 is 0 Å². The van der Waals surface area contributed by atoms with Gasteiger partial charge in [0.25, 0.3) is 0 Å². The summed E-state index contributed by atoms with van der Waals surface area (Å²) in [6.45, 7) is 2.63. The molecule has 0 unspecified atom stereocenters. The van der Waals surface area contributed by atoms with Crippen LogP contribution in [0.4, 0.5) is 5.69 Å². The molecule has 1 aliphatic heterocycles. The van der Waals surface area contributed by atoms with Crippen LogP contribution in [-0.2, 0) is 11.8 Å². The molecule has 2 aromatic carbocycles. The maximum absolute atomic E-state index is 12.1. The number of carbonyl (C=O) groups excluding carboxylic acids is 1. The monoisotopic (exact) mass is 404 g/mol. The molecule has 0 saturated carbocycles. The molecule has 2 heterocycles. The van der Waals surface area contributed by atoms with Gasteiger partial charge in [0, 0.05) is 12.7 Å². The first-order valence-corrected chi connectivity index (χ1v) is 9.98. The van der Waals surface area contributed by atoms with E-state index < -0.39 is 0 Å². The van der Waals surface area contributed by atoms with Crippen molar-refractivity contribution in [2.45, 2.75) is 19.8 Å². The Morgan fingerprint density at radius 2 is 1.93 bits per heavy atom. The molecule has 7 nitrogen and oxygen atoms in total. The maximum atomic E-state index is 12.1. The van der Waals surface area contributed by atoms with Gasteiger partial charge in [-0.15, -0.1) is 0 Å². The van der Waals surface area contributed by atoms with Gasteiger partial charge in [-0.3, -0.25) is 5.41 Å². The minimum Gasteiger partial charge on any atom is -0.509 e. The molecule has 0 aliphatic carbocycles. The first-order valence-electron chi connectivity index (χ1n) is 9.98. The number of aryl methyl sites for hydroxylation is 1. The second-order valence-corrected chi connectivity index (χ2v) is 7.28. The number of aliphatic hydroxyl groups is 1. The number of imidazole rings is 1. The number of benzene rings is 2. The van der Waals surface area contributed by atoms with Crippen molar-refractivity contribution >= 4 is 34.1 Å². The molecule has 7 heteroatoms. The molecule has 0 amide bonds. The Hall–Kier alpha value is -3.61. The second kappa shape index (κ2) is 8.02.